The van der Waals surface area contributed by atoms with E-state index in [1.54, 1.807) is 0 Å². The maximum Gasteiger partial charge on any atom is 0.238 e. The molecule has 2 fully saturated rings. The lowest BCUT2D eigenvalue weighted by Crippen LogP contribution is -2.69. The van der Waals surface area contributed by atoms with Gasteiger partial charge in [-0.1, -0.05) is 97.9 Å². The van der Waals surface area contributed by atoms with E-state index in [0.717, 1.165) is 16.7 Å². The van der Waals surface area contributed by atoms with Gasteiger partial charge in [0.25, 0.3) is 0 Å². The number of benzene rings is 3. The van der Waals surface area contributed by atoms with Gasteiger partial charge in [-0.25, -0.2) is 0 Å². The number of rotatable bonds is 5. The van der Waals surface area contributed by atoms with Gasteiger partial charge < -0.3 is 14.7 Å². The number of ether oxygens (including phenoxy) is 1. The standard InChI is InChI=1S/C28H29NO3/c1-3-23-25(30)28(26(32-23)22-17-11-6-12-18-22)24(21-15-9-5-10-16-21)29(27(28)31)19(2)20-13-7-4-8-14-20/h4-19,23-26,30H,3H2,1-2H3/t19-,23-,24+,25-,26-,28-/m0/s1. The first-order valence-electron chi connectivity index (χ1n) is 11.4. The summed E-state index contributed by atoms with van der Waals surface area (Å²) >= 11 is 0. The quantitative estimate of drug-likeness (QED) is 0.568. The molecular formula is C28H29NO3. The van der Waals surface area contributed by atoms with Crippen LogP contribution in [-0.2, 0) is 9.53 Å². The monoisotopic (exact) mass is 427 g/mol. The number of nitrogens with zero attached hydrogens (tertiary/aromatic N) is 1. The van der Waals surface area contributed by atoms with Gasteiger partial charge in [-0.05, 0) is 30.0 Å². The van der Waals surface area contributed by atoms with Crippen LogP contribution in [0.1, 0.15) is 55.1 Å². The predicted octanol–water partition coefficient (Wildman–Crippen LogP) is 5.23. The second kappa shape index (κ2) is 8.19. The van der Waals surface area contributed by atoms with Crippen molar-refractivity contribution in [3.05, 3.63) is 108 Å². The molecule has 1 N–H and O–H groups in total. The number of carbonyl (C=O) groups is 1. The Morgan fingerprint density at radius 1 is 0.906 bits per heavy atom. The number of aliphatic hydroxyl groups is 1. The molecule has 3 aromatic rings. The van der Waals surface area contributed by atoms with Gasteiger partial charge in [0.05, 0.1) is 24.3 Å². The third kappa shape index (κ3) is 2.94. The van der Waals surface area contributed by atoms with Gasteiger partial charge in [0.1, 0.15) is 11.5 Å². The van der Waals surface area contributed by atoms with Crippen LogP contribution in [0.5, 0.6) is 0 Å². The van der Waals surface area contributed by atoms with Crippen LogP contribution in [0.25, 0.3) is 0 Å². The lowest BCUT2D eigenvalue weighted by Gasteiger charge is -2.59. The number of likely N-dealkylation sites (tertiary alicyclic amines) is 1. The van der Waals surface area contributed by atoms with Crippen molar-refractivity contribution in [2.45, 2.75) is 50.7 Å². The summed E-state index contributed by atoms with van der Waals surface area (Å²) in [6.07, 6.45) is -1.12. The molecule has 2 heterocycles. The Labute approximate surface area is 189 Å². The summed E-state index contributed by atoms with van der Waals surface area (Å²) in [5, 5.41) is 11.6. The summed E-state index contributed by atoms with van der Waals surface area (Å²) < 4.78 is 6.43. The number of aliphatic hydroxyl groups excluding tert-OH is 1. The average Bonchev–Trinajstić information content (AvgIpc) is 3.17. The first-order valence-corrected chi connectivity index (χ1v) is 11.4. The second-order valence-electron chi connectivity index (χ2n) is 8.86. The van der Waals surface area contributed by atoms with Crippen molar-refractivity contribution in [2.24, 2.45) is 5.41 Å². The molecule has 0 saturated carbocycles. The van der Waals surface area contributed by atoms with Crippen molar-refractivity contribution in [3.8, 4) is 0 Å². The summed E-state index contributed by atoms with van der Waals surface area (Å²) in [7, 11) is 0. The molecule has 164 valence electrons. The highest BCUT2D eigenvalue weighted by Gasteiger charge is 2.74. The minimum absolute atomic E-state index is 0.0417. The SMILES string of the molecule is CC[C@@H]1O[C@@H](c2ccccc2)[C@@]2(C(=O)N([C@@H](C)c3ccccc3)[C@@H]2c2ccccc2)[C@H]1O. The first kappa shape index (κ1) is 20.9. The molecule has 0 unspecified atom stereocenters. The molecule has 0 bridgehead atoms. The zero-order valence-corrected chi connectivity index (χ0v) is 18.5. The van der Waals surface area contributed by atoms with E-state index in [1.807, 2.05) is 78.6 Å². The van der Waals surface area contributed by atoms with E-state index < -0.39 is 17.6 Å². The summed E-state index contributed by atoms with van der Waals surface area (Å²) in [6, 6.07) is 29.6. The molecule has 2 aliphatic rings. The van der Waals surface area contributed by atoms with Crippen LogP contribution in [0.4, 0.5) is 0 Å². The van der Waals surface area contributed by atoms with Crippen molar-refractivity contribution in [1.29, 1.82) is 0 Å². The van der Waals surface area contributed by atoms with Crippen molar-refractivity contribution in [3.63, 3.8) is 0 Å². The third-order valence-electron chi connectivity index (χ3n) is 7.24. The summed E-state index contributed by atoms with van der Waals surface area (Å²) in [5.74, 6) is -0.0417. The van der Waals surface area contributed by atoms with Gasteiger partial charge in [-0.3, -0.25) is 4.79 Å². The number of hydrogen-bond acceptors (Lipinski definition) is 3. The Balaban J connectivity index is 1.66. The third-order valence-corrected chi connectivity index (χ3v) is 7.24. The van der Waals surface area contributed by atoms with Crippen LogP contribution in [0, 0.1) is 5.41 Å². The first-order chi connectivity index (χ1) is 15.6. The van der Waals surface area contributed by atoms with E-state index in [2.05, 4.69) is 31.2 Å². The zero-order valence-electron chi connectivity index (χ0n) is 18.5. The normalized spacial score (nSPS) is 30.3. The molecule has 4 heteroatoms. The van der Waals surface area contributed by atoms with E-state index in [4.69, 9.17) is 4.74 Å². The molecular weight excluding hydrogens is 398 g/mol. The number of hydrogen-bond donors (Lipinski definition) is 1. The fraction of sp³-hybridized carbons (Fsp3) is 0.321. The van der Waals surface area contributed by atoms with E-state index in [1.165, 1.54) is 0 Å². The van der Waals surface area contributed by atoms with E-state index in [0.29, 0.717) is 6.42 Å². The van der Waals surface area contributed by atoms with E-state index in [9.17, 15) is 9.90 Å². The van der Waals surface area contributed by atoms with Gasteiger partial charge in [0.2, 0.25) is 5.91 Å². The Hall–Kier alpha value is -2.95. The Bertz CT molecular complexity index is 1070. The molecule has 0 radical (unpaired) electrons. The van der Waals surface area contributed by atoms with Gasteiger partial charge in [0, 0.05) is 0 Å². The highest BCUT2D eigenvalue weighted by Crippen LogP contribution is 2.66. The highest BCUT2D eigenvalue weighted by atomic mass is 16.5. The fourth-order valence-electron chi connectivity index (χ4n) is 5.66. The lowest BCUT2D eigenvalue weighted by atomic mass is 9.59. The molecule has 0 aromatic heterocycles. The smallest absolute Gasteiger partial charge is 0.238 e. The van der Waals surface area contributed by atoms with Gasteiger partial charge >= 0.3 is 0 Å². The molecule has 5 rings (SSSR count). The van der Waals surface area contributed by atoms with Crippen molar-refractivity contribution in [1.82, 2.24) is 4.90 Å². The topological polar surface area (TPSA) is 49.8 Å². The van der Waals surface area contributed by atoms with Gasteiger partial charge in [-0.15, -0.1) is 0 Å². The maximum atomic E-state index is 14.1. The van der Waals surface area contributed by atoms with E-state index >= 15 is 0 Å². The minimum Gasteiger partial charge on any atom is -0.389 e. The molecule has 1 amide bonds. The van der Waals surface area contributed by atoms with Crippen LogP contribution in [0.3, 0.4) is 0 Å². The number of β-lactam (4-membered cyclic amide) rings is 1. The molecule has 3 aromatic carbocycles. The number of carbonyl (C=O) groups excluding carboxylic acids is 1. The fourth-order valence-corrected chi connectivity index (χ4v) is 5.66. The van der Waals surface area contributed by atoms with E-state index in [-0.39, 0.29) is 24.1 Å². The van der Waals surface area contributed by atoms with Gasteiger partial charge in [-0.2, -0.15) is 0 Å². The van der Waals surface area contributed by atoms with Crippen molar-refractivity contribution >= 4 is 5.91 Å². The molecule has 2 saturated heterocycles. The van der Waals surface area contributed by atoms with Crippen LogP contribution in [-0.4, -0.2) is 28.1 Å². The molecule has 1 spiro atoms. The summed E-state index contributed by atoms with van der Waals surface area (Å²) in [4.78, 5) is 16.1. The Morgan fingerprint density at radius 2 is 1.44 bits per heavy atom. The van der Waals surface area contributed by atoms with Crippen LogP contribution < -0.4 is 0 Å². The van der Waals surface area contributed by atoms with Crippen molar-refractivity contribution in [2.75, 3.05) is 0 Å². The minimum atomic E-state index is -1.05. The molecule has 0 aliphatic carbocycles. The lowest BCUT2D eigenvalue weighted by molar-refractivity contribution is -0.199. The summed E-state index contributed by atoms with van der Waals surface area (Å²) in [6.45, 7) is 4.06. The molecule has 2 aliphatic heterocycles. The average molecular weight is 428 g/mol. The second-order valence-corrected chi connectivity index (χ2v) is 8.86. The zero-order chi connectivity index (χ0) is 22.3. The molecule has 32 heavy (non-hydrogen) atoms. The molecule has 4 nitrogen and oxygen atoms in total. The molecule has 6 atom stereocenters. The Kier molecular flexibility index (Phi) is 5.36. The maximum absolute atomic E-state index is 14.1. The van der Waals surface area contributed by atoms with Crippen molar-refractivity contribution < 1.29 is 14.6 Å². The van der Waals surface area contributed by atoms with Crippen LogP contribution in [0.15, 0.2) is 91.0 Å². The Morgan fingerprint density at radius 3 is 2.00 bits per heavy atom. The number of amides is 1. The predicted molar refractivity (Wildman–Crippen MR) is 124 cm³/mol. The van der Waals surface area contributed by atoms with Crippen LogP contribution >= 0.6 is 0 Å². The van der Waals surface area contributed by atoms with Crippen LogP contribution in [0.2, 0.25) is 0 Å². The van der Waals surface area contributed by atoms with Gasteiger partial charge in [0.15, 0.2) is 0 Å². The summed E-state index contributed by atoms with van der Waals surface area (Å²) in [5.41, 5.74) is 1.99. The largest absolute Gasteiger partial charge is 0.389 e. The highest BCUT2D eigenvalue weighted by molar-refractivity contribution is 5.93.